The lowest BCUT2D eigenvalue weighted by Crippen LogP contribution is -2.21. The van der Waals surface area contributed by atoms with Gasteiger partial charge in [0.25, 0.3) is 5.91 Å². The Morgan fingerprint density at radius 2 is 1.85 bits per heavy atom. The van der Waals surface area contributed by atoms with Crippen molar-refractivity contribution in [3.63, 3.8) is 0 Å². The Morgan fingerprint density at radius 1 is 1.07 bits per heavy atom. The molecule has 3 rings (SSSR count). The van der Waals surface area contributed by atoms with Crippen LogP contribution >= 0.6 is 11.3 Å². The van der Waals surface area contributed by atoms with Crippen LogP contribution in [0.5, 0.6) is 5.75 Å². The van der Waals surface area contributed by atoms with Gasteiger partial charge in [-0.25, -0.2) is 4.79 Å². The van der Waals surface area contributed by atoms with E-state index >= 15 is 0 Å². The van der Waals surface area contributed by atoms with Crippen LogP contribution < -0.4 is 10.1 Å². The van der Waals surface area contributed by atoms with Gasteiger partial charge in [0.2, 0.25) is 0 Å². The fourth-order valence-corrected chi connectivity index (χ4v) is 3.70. The molecular formula is C21H21NO4S. The van der Waals surface area contributed by atoms with Crippen molar-refractivity contribution in [3.05, 3.63) is 59.0 Å². The molecule has 0 radical (unpaired) electrons. The van der Waals surface area contributed by atoms with Gasteiger partial charge in [0.15, 0.2) is 6.61 Å². The average Bonchev–Trinajstić information content (AvgIpc) is 3.09. The lowest BCUT2D eigenvalue weighted by molar-refractivity contribution is -0.118. The number of aryl methyl sites for hydroxylation is 1. The summed E-state index contributed by atoms with van der Waals surface area (Å²) in [5.74, 6) is -0.106. The molecule has 1 heterocycles. The first-order chi connectivity index (χ1) is 13.1. The van der Waals surface area contributed by atoms with Crippen molar-refractivity contribution < 1.29 is 19.1 Å². The number of anilines is 1. The molecule has 1 aromatic heterocycles. The number of carbonyl (C=O) groups is 2. The summed E-state index contributed by atoms with van der Waals surface area (Å²) in [7, 11) is 0. The standard InChI is InChI=1S/C21H21NO4S/c1-3-15-12-17(21(24)25-4-2)20(27-15)22-19(23)13-26-18-11-7-9-14-8-5-6-10-16(14)18/h5-12H,3-4,13H2,1-2H3,(H,22,23). The number of ether oxygens (including phenoxy) is 2. The first kappa shape index (κ1) is 18.9. The molecule has 0 saturated heterocycles. The largest absolute Gasteiger partial charge is 0.483 e. The Hall–Kier alpha value is -2.86. The van der Waals surface area contributed by atoms with Crippen LogP contribution in [0, 0.1) is 0 Å². The van der Waals surface area contributed by atoms with Crippen molar-refractivity contribution in [1.82, 2.24) is 0 Å². The van der Waals surface area contributed by atoms with Crippen molar-refractivity contribution >= 4 is 39.0 Å². The third-order valence-corrected chi connectivity index (χ3v) is 5.18. The Balaban J connectivity index is 1.71. The molecule has 2 aromatic carbocycles. The number of esters is 1. The maximum Gasteiger partial charge on any atom is 0.341 e. The van der Waals surface area contributed by atoms with E-state index in [1.807, 2.05) is 49.4 Å². The minimum absolute atomic E-state index is 0.143. The number of carbonyl (C=O) groups excluding carboxylic acids is 2. The predicted octanol–water partition coefficient (Wildman–Crippen LogP) is 4.66. The number of amides is 1. The highest BCUT2D eigenvalue weighted by Gasteiger charge is 2.19. The van der Waals surface area contributed by atoms with Gasteiger partial charge in [-0.1, -0.05) is 43.3 Å². The van der Waals surface area contributed by atoms with Gasteiger partial charge >= 0.3 is 5.97 Å². The molecule has 0 aliphatic heterocycles. The molecule has 6 heteroatoms. The van der Waals surface area contributed by atoms with Crippen LogP contribution in [0.1, 0.15) is 29.1 Å². The molecule has 140 valence electrons. The van der Waals surface area contributed by atoms with Crippen LogP contribution in [0.2, 0.25) is 0 Å². The highest BCUT2D eigenvalue weighted by molar-refractivity contribution is 7.16. The second kappa shape index (κ2) is 8.68. The number of fused-ring (bicyclic) bond motifs is 1. The SMILES string of the molecule is CCOC(=O)c1cc(CC)sc1NC(=O)COc1cccc2ccccc12. The average molecular weight is 383 g/mol. The van der Waals surface area contributed by atoms with Crippen molar-refractivity contribution in [1.29, 1.82) is 0 Å². The third kappa shape index (κ3) is 4.46. The topological polar surface area (TPSA) is 64.6 Å². The summed E-state index contributed by atoms with van der Waals surface area (Å²) in [4.78, 5) is 25.5. The monoisotopic (exact) mass is 383 g/mol. The summed E-state index contributed by atoms with van der Waals surface area (Å²) < 4.78 is 10.8. The van der Waals surface area contributed by atoms with Crippen molar-refractivity contribution in [3.8, 4) is 5.75 Å². The molecule has 1 N–H and O–H groups in total. The number of rotatable bonds is 7. The molecule has 0 spiro atoms. The number of nitrogens with one attached hydrogen (secondary N) is 1. The zero-order valence-electron chi connectivity index (χ0n) is 15.3. The van der Waals surface area contributed by atoms with Gasteiger partial charge in [0.1, 0.15) is 10.8 Å². The fraction of sp³-hybridized carbons (Fsp3) is 0.238. The van der Waals surface area contributed by atoms with E-state index in [1.165, 1.54) is 11.3 Å². The minimum Gasteiger partial charge on any atom is -0.483 e. The Bertz CT molecular complexity index is 958. The van der Waals surface area contributed by atoms with Gasteiger partial charge < -0.3 is 14.8 Å². The van der Waals surface area contributed by atoms with E-state index in [1.54, 1.807) is 13.0 Å². The molecule has 3 aromatic rings. The van der Waals surface area contributed by atoms with E-state index in [-0.39, 0.29) is 19.1 Å². The van der Waals surface area contributed by atoms with E-state index in [0.29, 0.717) is 16.3 Å². The summed E-state index contributed by atoms with van der Waals surface area (Å²) in [6, 6.07) is 15.3. The zero-order chi connectivity index (χ0) is 19.2. The summed E-state index contributed by atoms with van der Waals surface area (Å²) in [6.07, 6.45) is 0.777. The number of hydrogen-bond acceptors (Lipinski definition) is 5. The Kier molecular flexibility index (Phi) is 6.08. The first-order valence-corrected chi connectivity index (χ1v) is 9.64. The molecule has 0 atom stereocenters. The maximum atomic E-state index is 12.4. The molecule has 0 fully saturated rings. The normalized spacial score (nSPS) is 10.6. The molecule has 0 unspecified atom stereocenters. The van der Waals surface area contributed by atoms with Crippen molar-refractivity contribution in [2.24, 2.45) is 0 Å². The van der Waals surface area contributed by atoms with E-state index < -0.39 is 5.97 Å². The van der Waals surface area contributed by atoms with Crippen LogP contribution in [-0.2, 0) is 16.0 Å². The molecule has 27 heavy (non-hydrogen) atoms. The second-order valence-corrected chi connectivity index (χ2v) is 6.98. The van der Waals surface area contributed by atoms with Crippen LogP contribution in [0.25, 0.3) is 10.8 Å². The van der Waals surface area contributed by atoms with Gasteiger partial charge in [0, 0.05) is 10.3 Å². The van der Waals surface area contributed by atoms with Crippen LogP contribution in [-0.4, -0.2) is 25.1 Å². The molecule has 0 aliphatic rings. The van der Waals surface area contributed by atoms with Gasteiger partial charge in [-0.15, -0.1) is 11.3 Å². The van der Waals surface area contributed by atoms with Gasteiger partial charge in [-0.2, -0.15) is 0 Å². The summed E-state index contributed by atoms with van der Waals surface area (Å²) in [5, 5.41) is 5.27. The van der Waals surface area contributed by atoms with Crippen molar-refractivity contribution in [2.45, 2.75) is 20.3 Å². The van der Waals surface area contributed by atoms with Crippen LogP contribution in [0.3, 0.4) is 0 Å². The van der Waals surface area contributed by atoms with Gasteiger partial charge in [-0.3, -0.25) is 4.79 Å². The fourth-order valence-electron chi connectivity index (χ4n) is 2.70. The molecule has 0 aliphatic carbocycles. The molecular weight excluding hydrogens is 362 g/mol. The zero-order valence-corrected chi connectivity index (χ0v) is 16.1. The maximum absolute atomic E-state index is 12.4. The van der Waals surface area contributed by atoms with E-state index in [4.69, 9.17) is 9.47 Å². The Morgan fingerprint density at radius 3 is 2.63 bits per heavy atom. The second-order valence-electron chi connectivity index (χ2n) is 5.84. The molecule has 5 nitrogen and oxygen atoms in total. The van der Waals surface area contributed by atoms with Crippen LogP contribution in [0.15, 0.2) is 48.5 Å². The van der Waals surface area contributed by atoms with E-state index in [2.05, 4.69) is 5.32 Å². The smallest absolute Gasteiger partial charge is 0.341 e. The summed E-state index contributed by atoms with van der Waals surface area (Å²) >= 11 is 1.38. The summed E-state index contributed by atoms with van der Waals surface area (Å²) in [6.45, 7) is 3.89. The number of hydrogen-bond donors (Lipinski definition) is 1. The van der Waals surface area contributed by atoms with E-state index in [9.17, 15) is 9.59 Å². The predicted molar refractivity (Wildman–Crippen MR) is 108 cm³/mol. The van der Waals surface area contributed by atoms with Gasteiger partial charge in [-0.05, 0) is 30.9 Å². The van der Waals surface area contributed by atoms with E-state index in [0.717, 1.165) is 22.1 Å². The molecule has 0 saturated carbocycles. The highest BCUT2D eigenvalue weighted by Crippen LogP contribution is 2.30. The van der Waals surface area contributed by atoms with Crippen LogP contribution in [0.4, 0.5) is 5.00 Å². The Labute approximate surface area is 161 Å². The first-order valence-electron chi connectivity index (χ1n) is 8.82. The quantitative estimate of drug-likeness (QED) is 0.603. The number of benzene rings is 2. The molecule has 1 amide bonds. The molecule has 0 bridgehead atoms. The lowest BCUT2D eigenvalue weighted by Gasteiger charge is -2.10. The highest BCUT2D eigenvalue weighted by atomic mass is 32.1. The lowest BCUT2D eigenvalue weighted by atomic mass is 10.1. The third-order valence-electron chi connectivity index (χ3n) is 3.99. The number of thiophene rings is 1. The van der Waals surface area contributed by atoms with Gasteiger partial charge in [0.05, 0.1) is 12.2 Å². The summed E-state index contributed by atoms with van der Waals surface area (Å²) in [5.41, 5.74) is 0.386. The van der Waals surface area contributed by atoms with Crippen molar-refractivity contribution in [2.75, 3.05) is 18.5 Å². The minimum atomic E-state index is -0.432.